The van der Waals surface area contributed by atoms with Gasteiger partial charge in [0.2, 0.25) is 12.7 Å². The third kappa shape index (κ3) is 4.26. The van der Waals surface area contributed by atoms with Gasteiger partial charge in [0.15, 0.2) is 17.2 Å². The molecule has 1 fully saturated rings. The number of hydrogen-bond donors (Lipinski definition) is 2. The Morgan fingerprint density at radius 1 is 0.971 bits per heavy atom. The number of fused-ring (bicyclic) bond motifs is 1. The molecule has 1 heterocycles. The molecule has 0 unspecified atom stereocenters. The van der Waals surface area contributed by atoms with Gasteiger partial charge in [0.25, 0.3) is 0 Å². The standard InChI is InChI=1S/C25H20F3NO5/c26-25(27,28)34-20-7-5-17(16-3-1-15(13-30)2-4-16)11-19(20)29-23(31)24(9-10-24)18-6-8-21-22(12-18)33-14-32-21/h1-8,11-12,30H,9-10,13-14H2,(H,29,31). The maximum atomic E-state index is 13.3. The van der Waals surface area contributed by atoms with Gasteiger partial charge in [0, 0.05) is 0 Å². The van der Waals surface area contributed by atoms with E-state index in [9.17, 15) is 23.1 Å². The van der Waals surface area contributed by atoms with Gasteiger partial charge in [-0.25, -0.2) is 0 Å². The second-order valence-electron chi connectivity index (χ2n) is 8.22. The molecule has 9 heteroatoms. The van der Waals surface area contributed by atoms with E-state index >= 15 is 0 Å². The molecule has 176 valence electrons. The molecule has 0 radical (unpaired) electrons. The molecule has 1 aliphatic carbocycles. The van der Waals surface area contributed by atoms with E-state index in [1.165, 1.54) is 18.2 Å². The highest BCUT2D eigenvalue weighted by Gasteiger charge is 2.52. The van der Waals surface area contributed by atoms with Crippen LogP contribution in [0.1, 0.15) is 24.0 Å². The number of halogens is 3. The summed E-state index contributed by atoms with van der Waals surface area (Å²) in [7, 11) is 0. The number of ether oxygens (including phenoxy) is 3. The maximum absolute atomic E-state index is 13.3. The van der Waals surface area contributed by atoms with Crippen LogP contribution in [0.4, 0.5) is 18.9 Å². The van der Waals surface area contributed by atoms with Crippen molar-refractivity contribution in [2.24, 2.45) is 0 Å². The van der Waals surface area contributed by atoms with E-state index in [2.05, 4.69) is 10.1 Å². The van der Waals surface area contributed by atoms with E-state index in [4.69, 9.17) is 9.47 Å². The molecule has 0 saturated heterocycles. The molecule has 2 aliphatic rings. The van der Waals surface area contributed by atoms with Crippen LogP contribution in [0.25, 0.3) is 11.1 Å². The lowest BCUT2D eigenvalue weighted by atomic mass is 9.94. The van der Waals surface area contributed by atoms with E-state index in [0.717, 1.165) is 0 Å². The van der Waals surface area contributed by atoms with Gasteiger partial charge in [-0.15, -0.1) is 13.2 Å². The summed E-state index contributed by atoms with van der Waals surface area (Å²) >= 11 is 0. The van der Waals surface area contributed by atoms with E-state index < -0.39 is 23.4 Å². The summed E-state index contributed by atoms with van der Waals surface area (Å²) in [6.07, 6.45) is -3.81. The lowest BCUT2D eigenvalue weighted by molar-refractivity contribution is -0.274. The summed E-state index contributed by atoms with van der Waals surface area (Å²) in [6, 6.07) is 16.3. The summed E-state index contributed by atoms with van der Waals surface area (Å²) in [5, 5.41) is 11.9. The van der Waals surface area contributed by atoms with Crippen molar-refractivity contribution < 1.29 is 37.3 Å². The quantitative estimate of drug-likeness (QED) is 0.521. The van der Waals surface area contributed by atoms with E-state index in [1.807, 2.05) is 0 Å². The Kier molecular flexibility index (Phi) is 5.36. The van der Waals surface area contributed by atoms with E-state index in [0.29, 0.717) is 46.6 Å². The number of amides is 1. The molecule has 0 spiro atoms. The minimum Gasteiger partial charge on any atom is -0.454 e. The van der Waals surface area contributed by atoms with Crippen LogP contribution < -0.4 is 19.5 Å². The fraction of sp³-hybridized carbons (Fsp3) is 0.240. The van der Waals surface area contributed by atoms with Crippen LogP contribution in [0, 0.1) is 0 Å². The Morgan fingerprint density at radius 2 is 1.68 bits per heavy atom. The third-order valence-corrected chi connectivity index (χ3v) is 6.03. The Labute approximate surface area is 192 Å². The molecular weight excluding hydrogens is 451 g/mol. The number of hydrogen-bond acceptors (Lipinski definition) is 5. The highest BCUT2D eigenvalue weighted by Crippen LogP contribution is 2.51. The molecule has 1 saturated carbocycles. The van der Waals surface area contributed by atoms with Gasteiger partial charge >= 0.3 is 6.36 Å². The summed E-state index contributed by atoms with van der Waals surface area (Å²) < 4.78 is 54.0. The first-order chi connectivity index (χ1) is 16.3. The van der Waals surface area contributed by atoms with Gasteiger partial charge in [-0.3, -0.25) is 4.79 Å². The first kappa shape index (κ1) is 22.1. The van der Waals surface area contributed by atoms with Crippen molar-refractivity contribution in [1.82, 2.24) is 0 Å². The number of benzene rings is 3. The van der Waals surface area contributed by atoms with Crippen molar-refractivity contribution >= 4 is 11.6 Å². The molecule has 34 heavy (non-hydrogen) atoms. The van der Waals surface area contributed by atoms with Crippen LogP contribution in [0.2, 0.25) is 0 Å². The van der Waals surface area contributed by atoms with Crippen molar-refractivity contribution in [3.63, 3.8) is 0 Å². The molecule has 0 bridgehead atoms. The number of anilines is 1. The lowest BCUT2D eigenvalue weighted by Gasteiger charge is -2.19. The number of aliphatic hydroxyl groups excluding tert-OH is 1. The number of aliphatic hydroxyl groups is 1. The minimum absolute atomic E-state index is 0.0851. The first-order valence-electron chi connectivity index (χ1n) is 10.6. The van der Waals surface area contributed by atoms with Crippen molar-refractivity contribution in [2.45, 2.75) is 31.2 Å². The molecule has 2 N–H and O–H groups in total. The van der Waals surface area contributed by atoms with E-state index in [1.54, 1.807) is 42.5 Å². The highest BCUT2D eigenvalue weighted by atomic mass is 19.4. The van der Waals surface area contributed by atoms with Crippen molar-refractivity contribution in [1.29, 1.82) is 0 Å². The summed E-state index contributed by atoms with van der Waals surface area (Å²) in [4.78, 5) is 13.3. The number of carbonyl (C=O) groups is 1. The second kappa shape index (κ2) is 8.25. The van der Waals surface area contributed by atoms with Gasteiger partial charge in [-0.2, -0.15) is 0 Å². The third-order valence-electron chi connectivity index (χ3n) is 6.03. The number of alkyl halides is 3. The average molecular weight is 471 g/mol. The van der Waals surface area contributed by atoms with Gasteiger partial charge in [-0.05, 0) is 59.4 Å². The molecule has 6 nitrogen and oxygen atoms in total. The smallest absolute Gasteiger partial charge is 0.454 e. The van der Waals surface area contributed by atoms with Crippen LogP contribution in [-0.4, -0.2) is 24.2 Å². The number of rotatable bonds is 6. The van der Waals surface area contributed by atoms with Crippen LogP contribution in [0.3, 0.4) is 0 Å². The highest BCUT2D eigenvalue weighted by molar-refractivity contribution is 6.02. The Bertz CT molecular complexity index is 1240. The SMILES string of the molecule is O=C(Nc1cc(-c2ccc(CO)cc2)ccc1OC(F)(F)F)C1(c2ccc3c(c2)OCO3)CC1. The van der Waals surface area contributed by atoms with Gasteiger partial charge < -0.3 is 24.6 Å². The predicted octanol–water partition coefficient (Wildman–Crippen LogP) is 5.14. The van der Waals surface area contributed by atoms with Crippen LogP contribution in [0.5, 0.6) is 17.2 Å². The van der Waals surface area contributed by atoms with Gasteiger partial charge in [-0.1, -0.05) is 36.4 Å². The normalized spacial score (nSPS) is 15.6. The zero-order valence-electron chi connectivity index (χ0n) is 17.8. The van der Waals surface area contributed by atoms with Crippen molar-refractivity contribution in [2.75, 3.05) is 12.1 Å². The molecular formula is C25H20F3NO5. The number of carbonyl (C=O) groups excluding carboxylic acids is 1. The van der Waals surface area contributed by atoms with Crippen molar-refractivity contribution in [3.8, 4) is 28.4 Å². The summed E-state index contributed by atoms with van der Waals surface area (Å²) in [5.41, 5.74) is 1.76. The van der Waals surface area contributed by atoms with Gasteiger partial charge in [0.1, 0.15) is 0 Å². The summed E-state index contributed by atoms with van der Waals surface area (Å²) in [6.45, 7) is -0.0237. The minimum atomic E-state index is -4.92. The number of nitrogens with one attached hydrogen (secondary N) is 1. The Balaban J connectivity index is 1.46. The largest absolute Gasteiger partial charge is 0.573 e. The molecule has 5 rings (SSSR count). The van der Waals surface area contributed by atoms with Gasteiger partial charge in [0.05, 0.1) is 17.7 Å². The Morgan fingerprint density at radius 3 is 2.35 bits per heavy atom. The zero-order chi connectivity index (χ0) is 23.9. The van der Waals surface area contributed by atoms with Crippen molar-refractivity contribution in [3.05, 3.63) is 71.8 Å². The van der Waals surface area contributed by atoms with Crippen LogP contribution in [-0.2, 0) is 16.8 Å². The molecule has 0 atom stereocenters. The molecule has 0 aromatic heterocycles. The molecule has 3 aromatic rings. The first-order valence-corrected chi connectivity index (χ1v) is 10.6. The summed E-state index contributed by atoms with van der Waals surface area (Å²) in [5.74, 6) is 0.191. The molecule has 1 aliphatic heterocycles. The Hall–Kier alpha value is -3.72. The molecule has 3 aromatic carbocycles. The van der Waals surface area contributed by atoms with Crippen LogP contribution >= 0.6 is 0 Å². The van der Waals surface area contributed by atoms with Crippen LogP contribution in [0.15, 0.2) is 60.7 Å². The maximum Gasteiger partial charge on any atom is 0.573 e. The second-order valence-corrected chi connectivity index (χ2v) is 8.22. The predicted molar refractivity (Wildman–Crippen MR) is 117 cm³/mol. The fourth-order valence-electron chi connectivity index (χ4n) is 4.03. The lowest BCUT2D eigenvalue weighted by Crippen LogP contribution is -2.28. The monoisotopic (exact) mass is 471 g/mol. The zero-order valence-corrected chi connectivity index (χ0v) is 17.8. The molecule has 1 amide bonds. The average Bonchev–Trinajstić information content (AvgIpc) is 3.50. The topological polar surface area (TPSA) is 77.0 Å². The fourth-order valence-corrected chi connectivity index (χ4v) is 4.03. The van der Waals surface area contributed by atoms with E-state index in [-0.39, 0.29) is 19.1 Å².